The molecule has 1 fully saturated rings. The summed E-state index contributed by atoms with van der Waals surface area (Å²) in [5.74, 6) is -1.04. The largest absolute Gasteiger partial charge is 0.413 e. The molecule has 0 aromatic heterocycles. The second-order valence-corrected chi connectivity index (χ2v) is 25.1. The highest BCUT2D eigenvalue weighted by Crippen LogP contribution is 2.46. The molecule has 0 saturated carbocycles. The Morgan fingerprint density at radius 3 is 1.67 bits per heavy atom. The number of methoxy groups -OCH3 is 1. The van der Waals surface area contributed by atoms with Gasteiger partial charge in [0.25, 0.3) is 7.83 Å². The minimum atomic E-state index is -3.21. The first-order valence-electron chi connectivity index (χ1n) is 9.78. The Kier molecular flexibility index (Phi) is 6.80. The molecule has 2 aromatic rings. The van der Waals surface area contributed by atoms with Crippen LogP contribution in [-0.4, -0.2) is 57.5 Å². The van der Waals surface area contributed by atoms with Crippen LogP contribution in [0.1, 0.15) is 0 Å². The van der Waals surface area contributed by atoms with Gasteiger partial charge in [0.05, 0.1) is 0 Å². The Morgan fingerprint density at radius 2 is 1.33 bits per heavy atom. The maximum Gasteiger partial charge on any atom is 0.377 e. The molecule has 30 heavy (non-hydrogen) atoms. The van der Waals surface area contributed by atoms with Gasteiger partial charge >= 0.3 is 15.4 Å². The first kappa shape index (κ1) is 23.0. The van der Waals surface area contributed by atoms with E-state index in [1.165, 1.54) is 0 Å². The summed E-state index contributed by atoms with van der Waals surface area (Å²) in [6, 6.07) is 20.9. The fourth-order valence-electron chi connectivity index (χ4n) is 4.68. The van der Waals surface area contributed by atoms with Gasteiger partial charge in [-0.2, -0.15) is 0 Å². The predicted molar refractivity (Wildman–Crippen MR) is 126 cm³/mol. The Labute approximate surface area is 182 Å². The predicted octanol–water partition coefficient (Wildman–Crippen LogP) is 2.51. The van der Waals surface area contributed by atoms with Crippen LogP contribution < -0.4 is 10.4 Å². The molecule has 2 atom stereocenters. The van der Waals surface area contributed by atoms with Gasteiger partial charge in [-0.25, -0.2) is 0 Å². The van der Waals surface area contributed by atoms with E-state index in [1.807, 2.05) is 42.1 Å². The van der Waals surface area contributed by atoms with E-state index in [9.17, 15) is 0 Å². The molecule has 0 radical (unpaired) electrons. The first-order valence-corrected chi connectivity index (χ1v) is 17.7. The standard InChI is InChI=1S/C22H30O5Si3/c1-7-22(23-3)19-28(8-2,24-4)30(25-5,26-6)29(27-22,20-15-11-9-12-16-20)21-17-13-10-14-18-21/h7-18H,1-2,19H2,3-6H3. The van der Waals surface area contributed by atoms with Crippen LogP contribution in [0.15, 0.2) is 85.6 Å². The van der Waals surface area contributed by atoms with E-state index in [0.717, 1.165) is 10.4 Å². The fourth-order valence-corrected chi connectivity index (χ4v) is 36.6. The third-order valence-electron chi connectivity index (χ3n) is 6.14. The van der Waals surface area contributed by atoms with Crippen LogP contribution in [0.4, 0.5) is 0 Å². The van der Waals surface area contributed by atoms with E-state index in [0.29, 0.717) is 6.04 Å². The second-order valence-electron chi connectivity index (χ2n) is 7.23. The van der Waals surface area contributed by atoms with Crippen LogP contribution in [0.25, 0.3) is 0 Å². The molecule has 1 saturated heterocycles. The first-order chi connectivity index (χ1) is 14.5. The highest BCUT2D eigenvalue weighted by Gasteiger charge is 2.80. The molecule has 1 heterocycles. The molecule has 0 amide bonds. The van der Waals surface area contributed by atoms with Gasteiger partial charge < -0.3 is 22.4 Å². The number of ether oxygens (including phenoxy) is 1. The SMILES string of the molecule is C=CC1(OC)C[Si](C=C)(OC)[Si](OC)(OC)[Si](c2ccccc2)(c2ccccc2)O1. The molecule has 2 aromatic carbocycles. The van der Waals surface area contributed by atoms with Gasteiger partial charge in [0.2, 0.25) is 0 Å². The summed E-state index contributed by atoms with van der Waals surface area (Å²) >= 11 is 0. The molecule has 160 valence electrons. The molecule has 8 heteroatoms. The minimum absolute atomic E-state index is 0.461. The zero-order valence-corrected chi connectivity index (χ0v) is 21.1. The average molecular weight is 459 g/mol. The topological polar surface area (TPSA) is 46.2 Å². The highest BCUT2D eigenvalue weighted by molar-refractivity contribution is 7.69. The monoisotopic (exact) mass is 458 g/mol. The van der Waals surface area contributed by atoms with Crippen molar-refractivity contribution in [3.63, 3.8) is 0 Å². The summed E-state index contributed by atoms with van der Waals surface area (Å²) in [5, 5.41) is 2.09. The van der Waals surface area contributed by atoms with E-state index >= 15 is 0 Å². The number of hydrogen-bond donors (Lipinski definition) is 0. The van der Waals surface area contributed by atoms with Crippen molar-refractivity contribution in [3.05, 3.63) is 85.6 Å². The lowest BCUT2D eigenvalue weighted by molar-refractivity contribution is -0.117. The van der Waals surface area contributed by atoms with E-state index in [2.05, 4.69) is 37.4 Å². The van der Waals surface area contributed by atoms with Crippen LogP contribution in [-0.2, 0) is 22.4 Å². The Balaban J connectivity index is 2.52. The maximum atomic E-state index is 7.11. The van der Waals surface area contributed by atoms with Crippen molar-refractivity contribution >= 4 is 33.6 Å². The molecule has 2 unspecified atom stereocenters. The summed E-state index contributed by atoms with van der Waals surface area (Å²) < 4.78 is 32.4. The Morgan fingerprint density at radius 1 is 0.833 bits per heavy atom. The average Bonchev–Trinajstić information content (AvgIpc) is 2.84. The van der Waals surface area contributed by atoms with Gasteiger partial charge in [-0.05, 0) is 16.4 Å². The van der Waals surface area contributed by atoms with Crippen LogP contribution in [0, 0.1) is 0 Å². The minimum Gasteiger partial charge on any atom is -0.413 e. The fraction of sp³-hybridized carbons (Fsp3) is 0.273. The molecular formula is C22H30O5Si3. The van der Waals surface area contributed by atoms with Crippen LogP contribution >= 0.6 is 0 Å². The molecule has 3 rings (SSSR count). The van der Waals surface area contributed by atoms with Gasteiger partial charge in [0.1, 0.15) is 0 Å². The maximum absolute atomic E-state index is 7.11. The molecule has 1 aliphatic heterocycles. The summed E-state index contributed by atoms with van der Waals surface area (Å²) in [6.45, 7) is 8.25. The van der Waals surface area contributed by atoms with Gasteiger partial charge in [0.15, 0.2) is 5.79 Å². The summed E-state index contributed by atoms with van der Waals surface area (Å²) in [6.07, 6.45) is 1.73. The lowest BCUT2D eigenvalue weighted by Gasteiger charge is -2.58. The van der Waals surface area contributed by atoms with Gasteiger partial charge in [-0.15, -0.1) is 6.58 Å². The highest BCUT2D eigenvalue weighted by atomic mass is 29.7. The van der Waals surface area contributed by atoms with Crippen molar-refractivity contribution in [2.45, 2.75) is 11.8 Å². The van der Waals surface area contributed by atoms with Crippen LogP contribution in [0.5, 0.6) is 0 Å². The molecular weight excluding hydrogens is 428 g/mol. The Bertz CT molecular complexity index is 835. The lowest BCUT2D eigenvalue weighted by atomic mass is 10.3. The summed E-state index contributed by atoms with van der Waals surface area (Å²) in [4.78, 5) is 0. The number of rotatable bonds is 8. The van der Waals surface area contributed by atoms with Gasteiger partial charge in [-0.3, -0.25) is 0 Å². The zero-order valence-electron chi connectivity index (χ0n) is 18.1. The normalized spacial score (nSPS) is 27.3. The quantitative estimate of drug-likeness (QED) is 0.449. The Hall–Kier alpha value is -1.63. The smallest absolute Gasteiger partial charge is 0.377 e. The zero-order chi connectivity index (χ0) is 21.9. The van der Waals surface area contributed by atoms with E-state index in [4.69, 9.17) is 22.4 Å². The third kappa shape index (κ3) is 3.07. The van der Waals surface area contributed by atoms with Crippen molar-refractivity contribution in [1.82, 2.24) is 0 Å². The van der Waals surface area contributed by atoms with Crippen LogP contribution in [0.2, 0.25) is 6.04 Å². The van der Waals surface area contributed by atoms with E-state index in [-0.39, 0.29) is 0 Å². The van der Waals surface area contributed by atoms with Crippen LogP contribution in [0.3, 0.4) is 0 Å². The molecule has 1 aliphatic rings. The third-order valence-corrected chi connectivity index (χ3v) is 34.0. The van der Waals surface area contributed by atoms with Crippen molar-refractivity contribution < 1.29 is 22.4 Å². The number of hydrogen-bond acceptors (Lipinski definition) is 5. The summed E-state index contributed by atoms with van der Waals surface area (Å²) in [7, 11) is -2.51. The number of benzene rings is 2. The van der Waals surface area contributed by atoms with Gasteiger partial charge in [0, 0.05) is 34.5 Å². The molecule has 0 bridgehead atoms. The van der Waals surface area contributed by atoms with Crippen molar-refractivity contribution in [3.8, 4) is 0 Å². The van der Waals surface area contributed by atoms with E-state index < -0.39 is 29.1 Å². The van der Waals surface area contributed by atoms with Gasteiger partial charge in [-0.1, -0.05) is 72.9 Å². The molecule has 0 aliphatic carbocycles. The van der Waals surface area contributed by atoms with E-state index in [1.54, 1.807) is 34.5 Å². The lowest BCUT2D eigenvalue weighted by Crippen LogP contribution is -2.93. The second kappa shape index (κ2) is 8.85. The van der Waals surface area contributed by atoms with Crippen molar-refractivity contribution in [2.75, 3.05) is 28.4 Å². The molecule has 5 nitrogen and oxygen atoms in total. The molecule has 0 spiro atoms. The summed E-state index contributed by atoms with van der Waals surface area (Å²) in [5.41, 5.74) is 1.93. The van der Waals surface area contributed by atoms with Crippen molar-refractivity contribution in [2.24, 2.45) is 0 Å². The van der Waals surface area contributed by atoms with Crippen molar-refractivity contribution in [1.29, 1.82) is 0 Å². The molecule has 0 N–H and O–H groups in total.